The molecule has 36 heavy (non-hydrogen) atoms. The zero-order valence-corrected chi connectivity index (χ0v) is 22.8. The van der Waals surface area contributed by atoms with E-state index in [4.69, 9.17) is 9.84 Å². The maximum Gasteiger partial charge on any atom is 0.306 e. The SMILES string of the molecule is CC/C=C\C/C=C\C/C=C\CCCCCC(=O)OC(/C=C\C/C=C\CC)/C=C\CCCCCC(=O)O. The molecule has 0 aromatic heterocycles. The van der Waals surface area contributed by atoms with Crippen LogP contribution < -0.4 is 0 Å². The maximum atomic E-state index is 12.3. The Kier molecular flexibility index (Phi) is 25.0. The van der Waals surface area contributed by atoms with Gasteiger partial charge in [-0.25, -0.2) is 0 Å². The summed E-state index contributed by atoms with van der Waals surface area (Å²) in [6, 6.07) is 0. The predicted molar refractivity (Wildman–Crippen MR) is 153 cm³/mol. The molecular weight excluding hydrogens is 448 g/mol. The Balaban J connectivity index is 4.20. The molecule has 0 rings (SSSR count). The Labute approximate surface area is 220 Å². The van der Waals surface area contributed by atoms with E-state index in [0.29, 0.717) is 12.8 Å². The summed E-state index contributed by atoms with van der Waals surface area (Å²) in [5.74, 6) is -0.895. The molecule has 0 aliphatic heterocycles. The molecule has 0 aromatic carbocycles. The summed E-state index contributed by atoms with van der Waals surface area (Å²) in [5.41, 5.74) is 0. The van der Waals surface area contributed by atoms with Crippen LogP contribution in [-0.4, -0.2) is 23.1 Å². The zero-order chi connectivity index (χ0) is 26.5. The molecule has 1 N–H and O–H groups in total. The molecule has 202 valence electrons. The van der Waals surface area contributed by atoms with Crippen LogP contribution in [0.5, 0.6) is 0 Å². The molecule has 1 unspecified atom stereocenters. The number of aliphatic carboxylic acids is 1. The highest BCUT2D eigenvalue weighted by atomic mass is 16.5. The smallest absolute Gasteiger partial charge is 0.306 e. The van der Waals surface area contributed by atoms with Crippen molar-refractivity contribution in [3.63, 3.8) is 0 Å². The van der Waals surface area contributed by atoms with E-state index < -0.39 is 5.97 Å². The van der Waals surface area contributed by atoms with Crippen molar-refractivity contribution < 1.29 is 19.4 Å². The Morgan fingerprint density at radius 3 is 1.72 bits per heavy atom. The molecule has 4 nitrogen and oxygen atoms in total. The average Bonchev–Trinajstić information content (AvgIpc) is 2.85. The van der Waals surface area contributed by atoms with Crippen molar-refractivity contribution in [2.75, 3.05) is 0 Å². The number of rotatable bonds is 23. The second kappa shape index (κ2) is 27.0. The average molecular weight is 499 g/mol. The number of allylic oxidation sites excluding steroid dienone is 10. The summed E-state index contributed by atoms with van der Waals surface area (Å²) in [6.07, 6.45) is 38.0. The van der Waals surface area contributed by atoms with E-state index in [1.807, 2.05) is 24.3 Å². The van der Waals surface area contributed by atoms with Gasteiger partial charge in [-0.2, -0.15) is 0 Å². The number of carbonyl (C=O) groups is 2. The third-order valence-corrected chi connectivity index (χ3v) is 5.39. The zero-order valence-electron chi connectivity index (χ0n) is 22.8. The molecule has 0 aliphatic carbocycles. The van der Waals surface area contributed by atoms with Gasteiger partial charge in [0.05, 0.1) is 0 Å². The highest BCUT2D eigenvalue weighted by Gasteiger charge is 2.08. The number of hydrogen-bond donors (Lipinski definition) is 1. The van der Waals surface area contributed by atoms with Crippen LogP contribution in [0, 0.1) is 0 Å². The quantitative estimate of drug-likeness (QED) is 0.0866. The minimum atomic E-state index is -0.741. The van der Waals surface area contributed by atoms with E-state index in [-0.39, 0.29) is 18.5 Å². The minimum Gasteiger partial charge on any atom is -0.481 e. The molecule has 0 saturated carbocycles. The Bertz CT molecular complexity index is 710. The first kappa shape index (κ1) is 33.4. The van der Waals surface area contributed by atoms with Gasteiger partial charge in [0.2, 0.25) is 0 Å². The van der Waals surface area contributed by atoms with Gasteiger partial charge in [-0.1, -0.05) is 87.4 Å². The second-order valence-corrected chi connectivity index (χ2v) is 8.81. The van der Waals surface area contributed by atoms with Gasteiger partial charge < -0.3 is 9.84 Å². The molecule has 4 heteroatoms. The summed E-state index contributed by atoms with van der Waals surface area (Å²) in [6.45, 7) is 4.25. The molecule has 0 saturated heterocycles. The molecule has 0 spiro atoms. The van der Waals surface area contributed by atoms with E-state index >= 15 is 0 Å². The first-order valence-electron chi connectivity index (χ1n) is 13.9. The number of ether oxygens (including phenoxy) is 1. The molecule has 0 aromatic rings. The van der Waals surface area contributed by atoms with Crippen molar-refractivity contribution in [1.29, 1.82) is 0 Å². The fourth-order valence-electron chi connectivity index (χ4n) is 3.39. The highest BCUT2D eigenvalue weighted by Crippen LogP contribution is 2.10. The van der Waals surface area contributed by atoms with Gasteiger partial charge in [-0.15, -0.1) is 0 Å². The lowest BCUT2D eigenvalue weighted by molar-refractivity contribution is -0.145. The minimum absolute atomic E-state index is 0.155. The number of hydrogen-bond acceptors (Lipinski definition) is 3. The van der Waals surface area contributed by atoms with E-state index in [9.17, 15) is 9.59 Å². The monoisotopic (exact) mass is 498 g/mol. The fourth-order valence-corrected chi connectivity index (χ4v) is 3.39. The number of carboxylic acids is 1. The van der Waals surface area contributed by atoms with Crippen LogP contribution in [0.4, 0.5) is 0 Å². The summed E-state index contributed by atoms with van der Waals surface area (Å²) in [4.78, 5) is 22.9. The first-order valence-corrected chi connectivity index (χ1v) is 13.9. The molecular formula is C32H50O4. The first-order chi connectivity index (χ1) is 17.6. The van der Waals surface area contributed by atoms with Crippen LogP contribution in [0.1, 0.15) is 110 Å². The lowest BCUT2D eigenvalue weighted by Gasteiger charge is -2.11. The number of carbonyl (C=O) groups excluding carboxylic acids is 1. The van der Waals surface area contributed by atoms with Gasteiger partial charge in [-0.3, -0.25) is 9.59 Å². The van der Waals surface area contributed by atoms with Gasteiger partial charge in [-0.05, 0) is 82.8 Å². The van der Waals surface area contributed by atoms with Gasteiger partial charge in [0, 0.05) is 12.8 Å². The van der Waals surface area contributed by atoms with E-state index in [2.05, 4.69) is 62.5 Å². The predicted octanol–water partition coefficient (Wildman–Crippen LogP) is 9.21. The van der Waals surface area contributed by atoms with E-state index in [0.717, 1.165) is 77.0 Å². The van der Waals surface area contributed by atoms with Crippen LogP contribution in [0.25, 0.3) is 0 Å². The molecule has 0 heterocycles. The van der Waals surface area contributed by atoms with Crippen LogP contribution in [-0.2, 0) is 14.3 Å². The van der Waals surface area contributed by atoms with E-state index in [1.165, 1.54) is 0 Å². The Morgan fingerprint density at radius 1 is 0.611 bits per heavy atom. The van der Waals surface area contributed by atoms with E-state index in [1.54, 1.807) is 0 Å². The lowest BCUT2D eigenvalue weighted by atomic mass is 10.1. The largest absolute Gasteiger partial charge is 0.481 e. The standard InChI is InChI=1S/C32H50O4/c1-3-5-7-9-10-11-12-13-14-15-16-21-25-29-32(35)36-30(26-22-18-8-6-4-2)27-23-19-17-20-24-28-31(33)34/h5-8,10-11,13-14,22-23,26-27,30H,3-4,9,12,15-21,24-25,28-29H2,1-2H3,(H,33,34)/b7-5-,8-6-,11-10-,14-13-,26-22-,27-23-. The Hall–Kier alpha value is -2.62. The van der Waals surface area contributed by atoms with Crippen LogP contribution in [0.2, 0.25) is 0 Å². The number of esters is 1. The summed E-state index contributed by atoms with van der Waals surface area (Å²) in [5, 5.41) is 8.70. The Morgan fingerprint density at radius 2 is 1.11 bits per heavy atom. The summed E-state index contributed by atoms with van der Waals surface area (Å²) < 4.78 is 5.68. The van der Waals surface area contributed by atoms with Crippen molar-refractivity contribution in [3.8, 4) is 0 Å². The molecule has 1 atom stereocenters. The number of unbranched alkanes of at least 4 members (excludes halogenated alkanes) is 6. The van der Waals surface area contributed by atoms with Gasteiger partial charge >= 0.3 is 11.9 Å². The fraction of sp³-hybridized carbons (Fsp3) is 0.562. The normalized spacial score (nSPS) is 13.4. The summed E-state index contributed by atoms with van der Waals surface area (Å²) in [7, 11) is 0. The van der Waals surface area contributed by atoms with Crippen LogP contribution in [0.3, 0.4) is 0 Å². The van der Waals surface area contributed by atoms with Crippen molar-refractivity contribution in [2.45, 2.75) is 116 Å². The molecule has 0 amide bonds. The lowest BCUT2D eigenvalue weighted by Crippen LogP contribution is -2.13. The van der Waals surface area contributed by atoms with Gasteiger partial charge in [0.25, 0.3) is 0 Å². The van der Waals surface area contributed by atoms with Crippen molar-refractivity contribution >= 4 is 11.9 Å². The van der Waals surface area contributed by atoms with Gasteiger partial charge in [0.15, 0.2) is 0 Å². The molecule has 0 aliphatic rings. The van der Waals surface area contributed by atoms with Gasteiger partial charge in [0.1, 0.15) is 6.10 Å². The molecule has 0 fully saturated rings. The van der Waals surface area contributed by atoms with Crippen LogP contribution >= 0.6 is 0 Å². The third-order valence-electron chi connectivity index (χ3n) is 5.39. The summed E-state index contributed by atoms with van der Waals surface area (Å²) >= 11 is 0. The molecule has 0 radical (unpaired) electrons. The molecule has 0 bridgehead atoms. The second-order valence-electron chi connectivity index (χ2n) is 8.81. The third kappa shape index (κ3) is 26.0. The topological polar surface area (TPSA) is 63.6 Å². The number of carboxylic acid groups (broad SMARTS) is 1. The van der Waals surface area contributed by atoms with Crippen LogP contribution in [0.15, 0.2) is 72.9 Å². The highest BCUT2D eigenvalue weighted by molar-refractivity contribution is 5.69. The van der Waals surface area contributed by atoms with Crippen molar-refractivity contribution in [3.05, 3.63) is 72.9 Å². The van der Waals surface area contributed by atoms with Crippen molar-refractivity contribution in [1.82, 2.24) is 0 Å². The van der Waals surface area contributed by atoms with Crippen molar-refractivity contribution in [2.24, 2.45) is 0 Å². The maximum absolute atomic E-state index is 12.3.